The zero-order valence-electron chi connectivity index (χ0n) is 11.3. The van der Waals surface area contributed by atoms with Crippen molar-refractivity contribution in [1.29, 1.82) is 0 Å². The third-order valence-corrected chi connectivity index (χ3v) is 4.34. The highest BCUT2D eigenvalue weighted by Crippen LogP contribution is 2.23. The van der Waals surface area contributed by atoms with Crippen molar-refractivity contribution >= 4 is 21.7 Å². The van der Waals surface area contributed by atoms with E-state index < -0.39 is 10.1 Å². The molecule has 0 unspecified atom stereocenters. The smallest absolute Gasteiger partial charge is 0.313 e. The van der Waals surface area contributed by atoms with Gasteiger partial charge in [-0.25, -0.2) is 0 Å². The third kappa shape index (κ3) is 3.99. The molecule has 0 atom stereocenters. The predicted molar refractivity (Wildman–Crippen MR) is 80.6 cm³/mol. The van der Waals surface area contributed by atoms with Crippen LogP contribution in [0, 0.1) is 13.8 Å². The molecule has 5 heteroatoms. The summed E-state index contributed by atoms with van der Waals surface area (Å²) in [6.07, 6.45) is 0. The lowest BCUT2D eigenvalue weighted by molar-refractivity contribution is 0.485. The van der Waals surface area contributed by atoms with Crippen molar-refractivity contribution < 1.29 is 12.6 Å². The van der Waals surface area contributed by atoms with E-state index >= 15 is 0 Å². The first kappa shape index (κ1) is 14.9. The molecular formula is C15H15ClO3S. The van der Waals surface area contributed by atoms with Crippen molar-refractivity contribution in [3.05, 3.63) is 64.2 Å². The average Bonchev–Trinajstić information content (AvgIpc) is 2.33. The fourth-order valence-electron chi connectivity index (χ4n) is 1.85. The Bertz CT molecular complexity index is 724. The zero-order valence-corrected chi connectivity index (χ0v) is 12.8. The predicted octanol–water partition coefficient (Wildman–Crippen LogP) is 3.87. The van der Waals surface area contributed by atoms with Crippen molar-refractivity contribution in [2.24, 2.45) is 0 Å². The Kier molecular flexibility index (Phi) is 4.35. The molecule has 0 saturated carbocycles. The highest BCUT2D eigenvalue weighted by atomic mass is 35.5. The monoisotopic (exact) mass is 310 g/mol. The van der Waals surface area contributed by atoms with E-state index in [2.05, 4.69) is 0 Å². The molecule has 0 aromatic heterocycles. The Labute approximate surface area is 124 Å². The Morgan fingerprint density at radius 3 is 2.50 bits per heavy atom. The normalized spacial score (nSPS) is 11.3. The molecule has 3 nitrogen and oxygen atoms in total. The number of benzene rings is 2. The van der Waals surface area contributed by atoms with E-state index in [1.165, 1.54) is 0 Å². The van der Waals surface area contributed by atoms with Gasteiger partial charge in [-0.2, -0.15) is 8.42 Å². The van der Waals surface area contributed by atoms with Gasteiger partial charge < -0.3 is 4.18 Å². The molecule has 20 heavy (non-hydrogen) atoms. The molecule has 0 aliphatic carbocycles. The Morgan fingerprint density at radius 2 is 1.85 bits per heavy atom. The minimum atomic E-state index is -3.68. The molecule has 0 aliphatic heterocycles. The summed E-state index contributed by atoms with van der Waals surface area (Å²) in [6.45, 7) is 3.71. The number of halogens is 1. The van der Waals surface area contributed by atoms with Crippen LogP contribution in [-0.4, -0.2) is 8.42 Å². The van der Waals surface area contributed by atoms with E-state index in [-0.39, 0.29) is 11.5 Å². The van der Waals surface area contributed by atoms with E-state index in [1.807, 2.05) is 25.1 Å². The highest BCUT2D eigenvalue weighted by Gasteiger charge is 2.14. The van der Waals surface area contributed by atoms with Gasteiger partial charge in [0.1, 0.15) is 11.5 Å². The molecular weight excluding hydrogens is 296 g/mol. The van der Waals surface area contributed by atoms with E-state index in [1.54, 1.807) is 31.2 Å². The second-order valence-electron chi connectivity index (χ2n) is 4.69. The van der Waals surface area contributed by atoms with E-state index in [0.717, 1.165) is 11.1 Å². The van der Waals surface area contributed by atoms with Crippen LogP contribution < -0.4 is 4.18 Å². The molecule has 0 heterocycles. The number of hydrogen-bond acceptors (Lipinski definition) is 3. The van der Waals surface area contributed by atoms with Gasteiger partial charge in [0, 0.05) is 5.02 Å². The van der Waals surface area contributed by atoms with Gasteiger partial charge in [-0.3, -0.25) is 0 Å². The molecule has 0 radical (unpaired) electrons. The fraction of sp³-hybridized carbons (Fsp3) is 0.200. The van der Waals surface area contributed by atoms with Crippen molar-refractivity contribution in [2.45, 2.75) is 19.6 Å². The summed E-state index contributed by atoms with van der Waals surface area (Å²) in [6, 6.07) is 12.1. The van der Waals surface area contributed by atoms with Crippen LogP contribution in [0.3, 0.4) is 0 Å². The number of aryl methyl sites for hydroxylation is 2. The Balaban J connectivity index is 2.17. The molecule has 0 N–H and O–H groups in total. The molecule has 0 fully saturated rings. The summed E-state index contributed by atoms with van der Waals surface area (Å²) in [4.78, 5) is 0. The molecule has 0 bridgehead atoms. The van der Waals surface area contributed by atoms with Crippen molar-refractivity contribution in [3.8, 4) is 5.75 Å². The quantitative estimate of drug-likeness (QED) is 0.805. The van der Waals surface area contributed by atoms with Crippen LogP contribution in [0.5, 0.6) is 5.75 Å². The first-order chi connectivity index (χ1) is 9.35. The Morgan fingerprint density at radius 1 is 1.10 bits per heavy atom. The van der Waals surface area contributed by atoms with Gasteiger partial charge in [0.2, 0.25) is 0 Å². The van der Waals surface area contributed by atoms with Gasteiger partial charge in [-0.15, -0.1) is 0 Å². The van der Waals surface area contributed by atoms with Crippen molar-refractivity contribution in [3.63, 3.8) is 0 Å². The van der Waals surface area contributed by atoms with Gasteiger partial charge in [0.15, 0.2) is 0 Å². The van der Waals surface area contributed by atoms with Crippen molar-refractivity contribution in [1.82, 2.24) is 0 Å². The standard InChI is InChI=1S/C15H15ClO3S/c1-11-4-3-5-13(8-11)10-20(17,18)19-14-6-7-15(16)12(2)9-14/h3-9H,10H2,1-2H3. The molecule has 0 spiro atoms. The van der Waals surface area contributed by atoms with Crippen LogP contribution in [0.2, 0.25) is 5.02 Å². The molecule has 2 rings (SSSR count). The van der Waals surface area contributed by atoms with Crippen LogP contribution in [-0.2, 0) is 15.9 Å². The molecule has 2 aromatic rings. The lowest BCUT2D eigenvalue weighted by atomic mass is 10.2. The summed E-state index contributed by atoms with van der Waals surface area (Å²) < 4.78 is 29.1. The average molecular weight is 311 g/mol. The molecule has 2 aromatic carbocycles. The maximum absolute atomic E-state index is 12.0. The van der Waals surface area contributed by atoms with Crippen molar-refractivity contribution in [2.75, 3.05) is 0 Å². The van der Waals surface area contributed by atoms with Gasteiger partial charge in [0.25, 0.3) is 0 Å². The van der Waals surface area contributed by atoms with Crippen LogP contribution in [0.15, 0.2) is 42.5 Å². The molecule has 0 amide bonds. The zero-order chi connectivity index (χ0) is 14.8. The maximum atomic E-state index is 12.0. The van der Waals surface area contributed by atoms with Gasteiger partial charge >= 0.3 is 10.1 Å². The summed E-state index contributed by atoms with van der Waals surface area (Å²) in [5.74, 6) is 0.121. The van der Waals surface area contributed by atoms with E-state index in [9.17, 15) is 8.42 Å². The first-order valence-corrected chi connectivity index (χ1v) is 8.05. The maximum Gasteiger partial charge on any atom is 0.313 e. The minimum Gasteiger partial charge on any atom is -0.382 e. The second kappa shape index (κ2) is 5.85. The molecule has 106 valence electrons. The highest BCUT2D eigenvalue weighted by molar-refractivity contribution is 7.86. The van der Waals surface area contributed by atoms with Gasteiger partial charge in [-0.1, -0.05) is 41.4 Å². The fourth-order valence-corrected chi connectivity index (χ4v) is 3.01. The van der Waals surface area contributed by atoms with Crippen LogP contribution in [0.4, 0.5) is 0 Å². The van der Waals surface area contributed by atoms with Crippen LogP contribution >= 0.6 is 11.6 Å². The summed E-state index contributed by atoms with van der Waals surface area (Å²) in [5, 5.41) is 0.577. The van der Waals surface area contributed by atoms with Gasteiger partial charge in [0.05, 0.1) is 0 Å². The SMILES string of the molecule is Cc1cccc(CS(=O)(=O)Oc2ccc(Cl)c(C)c2)c1. The summed E-state index contributed by atoms with van der Waals surface area (Å²) in [7, 11) is -3.68. The molecule has 0 saturated heterocycles. The lowest BCUT2D eigenvalue weighted by Crippen LogP contribution is -2.12. The van der Waals surface area contributed by atoms with E-state index in [0.29, 0.717) is 10.6 Å². The first-order valence-electron chi connectivity index (χ1n) is 6.09. The summed E-state index contributed by atoms with van der Waals surface area (Å²) in [5.41, 5.74) is 2.49. The van der Waals surface area contributed by atoms with Crippen LogP contribution in [0.1, 0.15) is 16.7 Å². The van der Waals surface area contributed by atoms with Gasteiger partial charge in [-0.05, 0) is 43.2 Å². The summed E-state index contributed by atoms with van der Waals surface area (Å²) >= 11 is 5.89. The topological polar surface area (TPSA) is 43.4 Å². The Hall–Kier alpha value is -1.52. The number of rotatable bonds is 4. The molecule has 0 aliphatic rings. The minimum absolute atomic E-state index is 0.156. The van der Waals surface area contributed by atoms with E-state index in [4.69, 9.17) is 15.8 Å². The van der Waals surface area contributed by atoms with Crippen LogP contribution in [0.25, 0.3) is 0 Å². The largest absolute Gasteiger partial charge is 0.382 e. The number of hydrogen-bond donors (Lipinski definition) is 0. The second-order valence-corrected chi connectivity index (χ2v) is 6.66. The lowest BCUT2D eigenvalue weighted by Gasteiger charge is -2.08. The third-order valence-electron chi connectivity index (χ3n) is 2.78.